The summed E-state index contributed by atoms with van der Waals surface area (Å²) in [6.45, 7) is 0.690. The zero-order valence-electron chi connectivity index (χ0n) is 28.6. The molecule has 0 bridgehead atoms. The third kappa shape index (κ3) is 12.0. The van der Waals surface area contributed by atoms with Crippen molar-refractivity contribution in [1.82, 2.24) is 0 Å². The summed E-state index contributed by atoms with van der Waals surface area (Å²) in [6, 6.07) is 19.3. The largest absolute Gasteiger partial charge is 0.481 e. The monoisotopic (exact) mass is 629 g/mol. The summed E-state index contributed by atoms with van der Waals surface area (Å²) in [5.41, 5.74) is 9.99. The summed E-state index contributed by atoms with van der Waals surface area (Å²) >= 11 is 0. The summed E-state index contributed by atoms with van der Waals surface area (Å²) in [5.74, 6) is 1.24. The number of hydrogen-bond donors (Lipinski definition) is 3. The van der Waals surface area contributed by atoms with Crippen molar-refractivity contribution in [3.05, 3.63) is 83.4 Å². The van der Waals surface area contributed by atoms with Crippen LogP contribution in [0.4, 0.5) is 0 Å². The van der Waals surface area contributed by atoms with Gasteiger partial charge in [-0.3, -0.25) is 4.79 Å². The molecule has 0 aliphatic heterocycles. The Morgan fingerprint density at radius 3 is 2.30 bits per heavy atom. The number of aliphatic hydroxyl groups is 1. The minimum atomic E-state index is -0.674. The van der Waals surface area contributed by atoms with Crippen molar-refractivity contribution in [3.8, 4) is 0 Å². The highest BCUT2D eigenvalue weighted by molar-refractivity contribution is 5.67. The van der Waals surface area contributed by atoms with Crippen LogP contribution in [0.15, 0.2) is 66.7 Å². The van der Waals surface area contributed by atoms with E-state index in [4.69, 9.17) is 5.73 Å². The molecule has 0 saturated heterocycles. The molecule has 2 aliphatic rings. The molecule has 46 heavy (non-hydrogen) atoms. The smallest absolute Gasteiger partial charge is 0.303 e. The van der Waals surface area contributed by atoms with Gasteiger partial charge in [0.1, 0.15) is 0 Å². The number of carbonyl (C=O) groups is 1. The lowest BCUT2D eigenvalue weighted by atomic mass is 9.62. The Morgan fingerprint density at radius 1 is 0.848 bits per heavy atom. The number of aliphatic hydroxyl groups excluding tert-OH is 1. The second-order valence-electron chi connectivity index (χ2n) is 14.9. The number of aliphatic carboxylic acids is 1. The molecule has 4 nitrogen and oxygen atoms in total. The van der Waals surface area contributed by atoms with Gasteiger partial charge in [-0.1, -0.05) is 118 Å². The molecule has 3 atom stereocenters. The van der Waals surface area contributed by atoms with Crippen LogP contribution in [-0.2, 0) is 23.2 Å². The van der Waals surface area contributed by atoms with Crippen LogP contribution in [0, 0.1) is 23.7 Å². The summed E-state index contributed by atoms with van der Waals surface area (Å²) < 4.78 is 0. The van der Waals surface area contributed by atoms with E-state index in [-0.39, 0.29) is 24.4 Å². The lowest BCUT2D eigenvalue weighted by Gasteiger charge is -2.42. The Bertz CT molecular complexity index is 1150. The van der Waals surface area contributed by atoms with Gasteiger partial charge in [-0.2, -0.15) is 0 Å². The number of nitrogens with two attached hydrogens (primary N) is 1. The van der Waals surface area contributed by atoms with Crippen LogP contribution in [0.1, 0.15) is 139 Å². The van der Waals surface area contributed by atoms with E-state index in [0.29, 0.717) is 18.4 Å². The van der Waals surface area contributed by atoms with Gasteiger partial charge < -0.3 is 15.9 Å². The third-order valence-corrected chi connectivity index (χ3v) is 11.6. The quantitative estimate of drug-likeness (QED) is 0.127. The van der Waals surface area contributed by atoms with E-state index in [9.17, 15) is 15.0 Å². The molecule has 254 valence electrons. The lowest BCUT2D eigenvalue weighted by molar-refractivity contribution is -0.138. The Balaban J connectivity index is 1.45. The molecule has 0 heterocycles. The maximum atomic E-state index is 12.3. The number of carboxylic acid groups (broad SMARTS) is 1. The fourth-order valence-electron chi connectivity index (χ4n) is 8.89. The van der Waals surface area contributed by atoms with Crippen molar-refractivity contribution in [1.29, 1.82) is 0 Å². The van der Waals surface area contributed by atoms with Crippen LogP contribution in [0.5, 0.6) is 0 Å². The number of carboxylic acids is 1. The van der Waals surface area contributed by atoms with Crippen molar-refractivity contribution in [3.63, 3.8) is 0 Å². The molecule has 2 aromatic carbocycles. The van der Waals surface area contributed by atoms with E-state index in [1.165, 1.54) is 75.3 Å². The summed E-state index contributed by atoms with van der Waals surface area (Å²) in [6.07, 6.45) is 27.9. The Kier molecular flexibility index (Phi) is 15.9. The van der Waals surface area contributed by atoms with Crippen molar-refractivity contribution >= 4 is 5.97 Å². The molecule has 2 aromatic rings. The van der Waals surface area contributed by atoms with Gasteiger partial charge in [0.25, 0.3) is 0 Å². The van der Waals surface area contributed by atoms with Crippen LogP contribution in [0.25, 0.3) is 0 Å². The fourth-order valence-corrected chi connectivity index (χ4v) is 8.89. The molecule has 2 saturated carbocycles. The van der Waals surface area contributed by atoms with Crippen LogP contribution < -0.4 is 5.73 Å². The van der Waals surface area contributed by atoms with Gasteiger partial charge in [-0.05, 0) is 123 Å². The molecule has 0 aromatic heterocycles. The summed E-state index contributed by atoms with van der Waals surface area (Å²) in [5, 5.41) is 19.8. The normalized spacial score (nSPS) is 19.2. The average molecular weight is 630 g/mol. The molecular weight excluding hydrogens is 566 g/mol. The molecule has 4 rings (SSSR count). The molecule has 4 heteroatoms. The average Bonchev–Trinajstić information content (AvgIpc) is 3.09. The lowest BCUT2D eigenvalue weighted by Crippen LogP contribution is -2.35. The van der Waals surface area contributed by atoms with E-state index in [2.05, 4.69) is 60.7 Å². The molecule has 2 fully saturated rings. The van der Waals surface area contributed by atoms with Crippen LogP contribution in [-0.4, -0.2) is 22.7 Å². The van der Waals surface area contributed by atoms with Gasteiger partial charge >= 0.3 is 5.97 Å². The van der Waals surface area contributed by atoms with Gasteiger partial charge in [-0.25, -0.2) is 0 Å². The molecule has 0 unspecified atom stereocenters. The molecule has 2 aliphatic carbocycles. The number of benzene rings is 2. The van der Waals surface area contributed by atoms with Gasteiger partial charge in [0.05, 0.1) is 6.61 Å². The highest BCUT2D eigenvalue weighted by Gasteiger charge is 2.38. The SMILES string of the molecule is NCC[C@H](CC[C@@H](CC=CCCC1CCCCC1)CCc1cccc(CO)c1)[C@H](CC(=O)O)CC1(c2ccccc2)CCCCC1. The molecular formula is C42H63NO3. The Morgan fingerprint density at radius 2 is 1.59 bits per heavy atom. The standard InChI is InChI=1S/C42H63NO3/c43-29-26-38(39(31-41(45)46)32-42(27-11-4-12-28-42)40-20-9-3-10-21-40)25-24-35(22-23-36-18-13-19-37(30-36)33-44)17-8-2-7-16-34-14-5-1-6-15-34/h2-3,8-10,13,18-21,30,34-35,38-39,44H,1,4-7,11-12,14-17,22-29,31-33,43H2,(H,45,46)/t35-,38-,39+/m0/s1. The highest BCUT2D eigenvalue weighted by atomic mass is 16.4. The van der Waals surface area contributed by atoms with E-state index >= 15 is 0 Å². The first-order valence-electron chi connectivity index (χ1n) is 18.8. The van der Waals surface area contributed by atoms with Crippen LogP contribution in [0.3, 0.4) is 0 Å². The van der Waals surface area contributed by atoms with Crippen molar-refractivity contribution in [2.24, 2.45) is 29.4 Å². The van der Waals surface area contributed by atoms with Crippen molar-refractivity contribution < 1.29 is 15.0 Å². The summed E-state index contributed by atoms with van der Waals surface area (Å²) in [7, 11) is 0. The zero-order valence-corrected chi connectivity index (χ0v) is 28.6. The van der Waals surface area contributed by atoms with E-state index < -0.39 is 5.97 Å². The Labute approximate surface area is 280 Å². The van der Waals surface area contributed by atoms with Crippen molar-refractivity contribution in [2.45, 2.75) is 140 Å². The first kappa shape index (κ1) is 36.4. The fraction of sp³-hybridized carbons (Fsp3) is 0.643. The van der Waals surface area contributed by atoms with Gasteiger partial charge in [0, 0.05) is 6.42 Å². The van der Waals surface area contributed by atoms with Crippen LogP contribution in [0.2, 0.25) is 0 Å². The molecule has 0 radical (unpaired) electrons. The predicted molar refractivity (Wildman–Crippen MR) is 192 cm³/mol. The van der Waals surface area contributed by atoms with Crippen LogP contribution >= 0.6 is 0 Å². The number of rotatable bonds is 20. The Hall–Kier alpha value is -2.43. The van der Waals surface area contributed by atoms with Crippen molar-refractivity contribution in [2.75, 3.05) is 6.54 Å². The van der Waals surface area contributed by atoms with E-state index in [1.54, 1.807) is 0 Å². The second kappa shape index (κ2) is 20.1. The molecule has 0 amide bonds. The summed E-state index contributed by atoms with van der Waals surface area (Å²) in [4.78, 5) is 12.3. The maximum Gasteiger partial charge on any atom is 0.303 e. The van der Waals surface area contributed by atoms with E-state index in [1.807, 2.05) is 6.07 Å². The van der Waals surface area contributed by atoms with Gasteiger partial charge in [0.2, 0.25) is 0 Å². The maximum absolute atomic E-state index is 12.3. The topological polar surface area (TPSA) is 83.5 Å². The first-order chi connectivity index (χ1) is 22.5. The van der Waals surface area contributed by atoms with Gasteiger partial charge in [-0.15, -0.1) is 0 Å². The third-order valence-electron chi connectivity index (χ3n) is 11.6. The minimum absolute atomic E-state index is 0.0741. The number of hydrogen-bond acceptors (Lipinski definition) is 3. The number of allylic oxidation sites excluding steroid dienone is 2. The molecule has 0 spiro atoms. The number of aryl methyl sites for hydroxylation is 1. The molecule has 4 N–H and O–H groups in total. The first-order valence-corrected chi connectivity index (χ1v) is 18.8. The minimum Gasteiger partial charge on any atom is -0.481 e. The van der Waals surface area contributed by atoms with E-state index in [0.717, 1.165) is 69.3 Å². The highest BCUT2D eigenvalue weighted by Crippen LogP contribution is 2.47. The zero-order chi connectivity index (χ0) is 32.5. The predicted octanol–water partition coefficient (Wildman–Crippen LogP) is 10.2. The van der Waals surface area contributed by atoms with Gasteiger partial charge in [0.15, 0.2) is 0 Å². The second-order valence-corrected chi connectivity index (χ2v) is 14.9.